The maximum atomic E-state index is 12.3. The summed E-state index contributed by atoms with van der Waals surface area (Å²) in [6, 6.07) is 0. The van der Waals surface area contributed by atoms with Gasteiger partial charge >= 0.3 is 0 Å². The van der Waals surface area contributed by atoms with Crippen molar-refractivity contribution < 1.29 is 9.53 Å². The predicted molar refractivity (Wildman–Crippen MR) is 97.7 cm³/mol. The lowest BCUT2D eigenvalue weighted by atomic mass is 9.73. The lowest BCUT2D eigenvalue weighted by Crippen LogP contribution is -2.54. The summed E-state index contributed by atoms with van der Waals surface area (Å²) in [5, 5.41) is 0. The third-order valence-electron chi connectivity index (χ3n) is 5.62. The van der Waals surface area contributed by atoms with Crippen LogP contribution >= 0.6 is 0 Å². The molecule has 0 bridgehead atoms. The Balaban J connectivity index is 1.78. The summed E-state index contributed by atoms with van der Waals surface area (Å²) in [7, 11) is 1.69. The number of rotatable bonds is 5. The first-order valence-corrected chi connectivity index (χ1v) is 9.41. The van der Waals surface area contributed by atoms with E-state index in [-0.39, 0.29) is 11.3 Å². The van der Waals surface area contributed by atoms with Gasteiger partial charge < -0.3 is 14.5 Å². The number of anilines is 1. The van der Waals surface area contributed by atoms with Crippen LogP contribution in [0.4, 0.5) is 5.82 Å². The molecule has 0 aromatic carbocycles. The molecular formula is C19H30N4O2. The Kier molecular flexibility index (Phi) is 5.57. The van der Waals surface area contributed by atoms with Crippen LogP contribution in [-0.2, 0) is 16.0 Å². The van der Waals surface area contributed by atoms with E-state index in [2.05, 4.69) is 16.8 Å². The van der Waals surface area contributed by atoms with Gasteiger partial charge in [0, 0.05) is 56.9 Å². The highest BCUT2D eigenvalue weighted by Gasteiger charge is 2.42. The van der Waals surface area contributed by atoms with E-state index in [1.165, 1.54) is 12.0 Å². The van der Waals surface area contributed by atoms with Crippen LogP contribution in [0.1, 0.15) is 44.0 Å². The average molecular weight is 346 g/mol. The standard InChI is InChI=1S/C19H30N4O2/c1-4-16-12-20-15(2)21-18(16)23-9-5-7-19(14-23)8-6-17(24)22(13-19)10-11-25-3/h12H,4-11,13-14H2,1-3H3. The van der Waals surface area contributed by atoms with Crippen molar-refractivity contribution in [1.29, 1.82) is 0 Å². The van der Waals surface area contributed by atoms with E-state index in [0.717, 1.165) is 50.5 Å². The number of likely N-dealkylation sites (tertiary alicyclic amines) is 1. The third kappa shape index (κ3) is 3.94. The van der Waals surface area contributed by atoms with Crippen LogP contribution < -0.4 is 4.90 Å². The molecule has 6 nitrogen and oxygen atoms in total. The molecule has 2 aliphatic heterocycles. The van der Waals surface area contributed by atoms with Gasteiger partial charge in [-0.25, -0.2) is 9.97 Å². The number of ether oxygens (including phenoxy) is 1. The molecule has 2 aliphatic rings. The zero-order chi connectivity index (χ0) is 17.9. The van der Waals surface area contributed by atoms with Crippen LogP contribution in [-0.4, -0.2) is 60.7 Å². The summed E-state index contributed by atoms with van der Waals surface area (Å²) in [6.07, 6.45) is 6.88. The van der Waals surface area contributed by atoms with E-state index < -0.39 is 0 Å². The van der Waals surface area contributed by atoms with Gasteiger partial charge in [0.15, 0.2) is 0 Å². The molecule has 138 valence electrons. The van der Waals surface area contributed by atoms with Crippen molar-refractivity contribution in [3.05, 3.63) is 17.6 Å². The van der Waals surface area contributed by atoms with Crippen molar-refractivity contribution in [2.45, 2.75) is 46.0 Å². The Labute approximate surface area is 150 Å². The minimum Gasteiger partial charge on any atom is -0.383 e. The van der Waals surface area contributed by atoms with Crippen LogP contribution in [0.25, 0.3) is 0 Å². The first-order chi connectivity index (χ1) is 12.1. The summed E-state index contributed by atoms with van der Waals surface area (Å²) < 4.78 is 5.18. The number of hydrogen-bond acceptors (Lipinski definition) is 5. The Morgan fingerprint density at radius 1 is 1.32 bits per heavy atom. The molecule has 0 aliphatic carbocycles. The minimum atomic E-state index is 0.184. The summed E-state index contributed by atoms with van der Waals surface area (Å²) in [4.78, 5) is 25.8. The molecular weight excluding hydrogens is 316 g/mol. The molecule has 0 saturated carbocycles. The molecule has 1 aromatic rings. The Bertz CT molecular complexity index is 621. The summed E-state index contributed by atoms with van der Waals surface area (Å²) >= 11 is 0. The van der Waals surface area contributed by atoms with Gasteiger partial charge in [0.25, 0.3) is 0 Å². The quantitative estimate of drug-likeness (QED) is 0.818. The van der Waals surface area contributed by atoms with Crippen molar-refractivity contribution in [2.24, 2.45) is 5.41 Å². The minimum absolute atomic E-state index is 0.184. The molecule has 1 atom stereocenters. The molecule has 1 unspecified atom stereocenters. The fourth-order valence-electron chi connectivity index (χ4n) is 4.24. The average Bonchev–Trinajstić information content (AvgIpc) is 2.63. The van der Waals surface area contributed by atoms with Crippen LogP contribution in [0.5, 0.6) is 0 Å². The number of carbonyl (C=O) groups excluding carboxylic acids is 1. The van der Waals surface area contributed by atoms with Crippen LogP contribution in [0.15, 0.2) is 6.20 Å². The van der Waals surface area contributed by atoms with Gasteiger partial charge in [-0.1, -0.05) is 6.92 Å². The molecule has 1 aromatic heterocycles. The van der Waals surface area contributed by atoms with Gasteiger partial charge in [0.2, 0.25) is 5.91 Å². The lowest BCUT2D eigenvalue weighted by molar-refractivity contribution is -0.138. The number of methoxy groups -OCH3 is 1. The fourth-order valence-corrected chi connectivity index (χ4v) is 4.24. The van der Waals surface area contributed by atoms with Gasteiger partial charge in [-0.05, 0) is 32.6 Å². The van der Waals surface area contributed by atoms with Crippen molar-refractivity contribution >= 4 is 11.7 Å². The number of aryl methyl sites for hydroxylation is 2. The maximum absolute atomic E-state index is 12.3. The molecule has 3 heterocycles. The Morgan fingerprint density at radius 3 is 2.92 bits per heavy atom. The largest absolute Gasteiger partial charge is 0.383 e. The number of piperidine rings is 2. The monoisotopic (exact) mass is 346 g/mol. The van der Waals surface area contributed by atoms with Gasteiger partial charge in [0.1, 0.15) is 11.6 Å². The zero-order valence-electron chi connectivity index (χ0n) is 15.8. The summed E-state index contributed by atoms with van der Waals surface area (Å²) in [5.74, 6) is 2.19. The van der Waals surface area contributed by atoms with Gasteiger partial charge in [-0.2, -0.15) is 0 Å². The van der Waals surface area contributed by atoms with Crippen molar-refractivity contribution in [3.8, 4) is 0 Å². The summed E-state index contributed by atoms with van der Waals surface area (Å²) in [5.41, 5.74) is 1.40. The molecule has 6 heteroatoms. The SMILES string of the molecule is CCc1cnc(C)nc1N1CCCC2(CCC(=O)N(CCOC)C2)C1. The number of hydrogen-bond donors (Lipinski definition) is 0. The maximum Gasteiger partial charge on any atom is 0.222 e. The third-order valence-corrected chi connectivity index (χ3v) is 5.62. The number of aromatic nitrogens is 2. The van der Waals surface area contributed by atoms with Gasteiger partial charge in [-0.3, -0.25) is 4.79 Å². The smallest absolute Gasteiger partial charge is 0.222 e. The molecule has 2 fully saturated rings. The molecule has 1 spiro atoms. The normalized spacial score (nSPS) is 24.2. The highest BCUT2D eigenvalue weighted by atomic mass is 16.5. The van der Waals surface area contributed by atoms with E-state index in [0.29, 0.717) is 19.6 Å². The van der Waals surface area contributed by atoms with Gasteiger partial charge in [0.05, 0.1) is 6.61 Å². The molecule has 3 rings (SSSR count). The molecule has 25 heavy (non-hydrogen) atoms. The van der Waals surface area contributed by atoms with Crippen LogP contribution in [0, 0.1) is 12.3 Å². The van der Waals surface area contributed by atoms with E-state index >= 15 is 0 Å². The van der Waals surface area contributed by atoms with E-state index in [1.807, 2.05) is 18.0 Å². The Hall–Kier alpha value is -1.69. The highest BCUT2D eigenvalue weighted by molar-refractivity contribution is 5.77. The second-order valence-electron chi connectivity index (χ2n) is 7.45. The van der Waals surface area contributed by atoms with E-state index in [1.54, 1.807) is 7.11 Å². The van der Waals surface area contributed by atoms with E-state index in [4.69, 9.17) is 9.72 Å². The topological polar surface area (TPSA) is 58.6 Å². The second-order valence-corrected chi connectivity index (χ2v) is 7.45. The molecule has 0 radical (unpaired) electrons. The second kappa shape index (κ2) is 7.68. The Morgan fingerprint density at radius 2 is 2.16 bits per heavy atom. The number of carbonyl (C=O) groups is 1. The predicted octanol–water partition coefficient (Wildman–Crippen LogP) is 2.20. The molecule has 1 amide bonds. The lowest BCUT2D eigenvalue weighted by Gasteiger charge is -2.48. The first-order valence-electron chi connectivity index (χ1n) is 9.41. The zero-order valence-corrected chi connectivity index (χ0v) is 15.8. The first kappa shape index (κ1) is 18.1. The highest BCUT2D eigenvalue weighted by Crippen LogP contribution is 2.40. The molecule has 2 saturated heterocycles. The van der Waals surface area contributed by atoms with Gasteiger partial charge in [-0.15, -0.1) is 0 Å². The number of amides is 1. The van der Waals surface area contributed by atoms with Crippen molar-refractivity contribution in [1.82, 2.24) is 14.9 Å². The fraction of sp³-hybridized carbons (Fsp3) is 0.737. The van der Waals surface area contributed by atoms with E-state index in [9.17, 15) is 4.79 Å². The molecule has 0 N–H and O–H groups in total. The van der Waals surface area contributed by atoms with Crippen LogP contribution in [0.3, 0.4) is 0 Å². The van der Waals surface area contributed by atoms with Crippen LogP contribution in [0.2, 0.25) is 0 Å². The summed E-state index contributed by atoms with van der Waals surface area (Å²) in [6.45, 7) is 8.28. The number of nitrogens with zero attached hydrogens (tertiary/aromatic N) is 4. The van der Waals surface area contributed by atoms with Crippen molar-refractivity contribution in [2.75, 3.05) is 44.8 Å². The van der Waals surface area contributed by atoms with Crippen molar-refractivity contribution in [3.63, 3.8) is 0 Å².